The normalized spacial score (nSPS) is 14.2. The number of carbonyl (C=O) groups excluding carboxylic acids is 2. The zero-order valence-electron chi connectivity index (χ0n) is 14.4. The second kappa shape index (κ2) is 6.78. The summed E-state index contributed by atoms with van der Waals surface area (Å²) >= 11 is 6.18. The van der Waals surface area contributed by atoms with Crippen LogP contribution < -0.4 is 15.0 Å². The van der Waals surface area contributed by atoms with Gasteiger partial charge in [-0.1, -0.05) is 41.9 Å². The van der Waals surface area contributed by atoms with Crippen LogP contribution in [0.2, 0.25) is 0 Å². The number of anilines is 2. The van der Waals surface area contributed by atoms with Crippen LogP contribution in [0, 0.1) is 0 Å². The largest absolute Gasteiger partial charge is 0.497 e. The quantitative estimate of drug-likeness (QED) is 0.688. The highest BCUT2D eigenvalue weighted by Crippen LogP contribution is 2.31. The zero-order valence-corrected chi connectivity index (χ0v) is 15.2. The minimum absolute atomic E-state index is 0.0627. The van der Waals surface area contributed by atoms with Crippen molar-refractivity contribution in [3.63, 3.8) is 0 Å². The monoisotopic (exact) mass is 378 g/mol. The summed E-state index contributed by atoms with van der Waals surface area (Å²) in [6, 6.07) is 20.2. The molecule has 0 bridgehead atoms. The smallest absolute Gasteiger partial charge is 0.283 e. The fourth-order valence-electron chi connectivity index (χ4n) is 2.99. The highest BCUT2D eigenvalue weighted by molar-refractivity contribution is 6.53. The number of amides is 2. The van der Waals surface area contributed by atoms with E-state index in [9.17, 15) is 9.59 Å². The van der Waals surface area contributed by atoms with E-state index >= 15 is 0 Å². The van der Waals surface area contributed by atoms with Crippen molar-refractivity contribution in [2.45, 2.75) is 0 Å². The molecule has 5 nitrogen and oxygen atoms in total. The van der Waals surface area contributed by atoms with E-state index in [2.05, 4.69) is 5.32 Å². The first-order chi connectivity index (χ1) is 13.1. The number of hydrogen-bond acceptors (Lipinski definition) is 4. The molecule has 0 saturated carbocycles. The molecule has 0 radical (unpaired) electrons. The molecule has 134 valence electrons. The molecule has 0 atom stereocenters. The minimum Gasteiger partial charge on any atom is -0.497 e. The lowest BCUT2D eigenvalue weighted by Crippen LogP contribution is -2.32. The van der Waals surface area contributed by atoms with Gasteiger partial charge in [-0.3, -0.25) is 9.59 Å². The van der Waals surface area contributed by atoms with Crippen LogP contribution in [0.4, 0.5) is 11.4 Å². The predicted octanol–water partition coefficient (Wildman–Crippen LogP) is 4.28. The second-order valence-electron chi connectivity index (χ2n) is 6.02. The van der Waals surface area contributed by atoms with E-state index in [1.54, 1.807) is 31.4 Å². The van der Waals surface area contributed by atoms with Gasteiger partial charge >= 0.3 is 0 Å². The van der Waals surface area contributed by atoms with Gasteiger partial charge in [-0.2, -0.15) is 0 Å². The van der Waals surface area contributed by atoms with Crippen molar-refractivity contribution in [1.82, 2.24) is 0 Å². The lowest BCUT2D eigenvalue weighted by Gasteiger charge is -2.15. The van der Waals surface area contributed by atoms with E-state index in [1.807, 2.05) is 42.5 Å². The first-order valence-electron chi connectivity index (χ1n) is 8.27. The van der Waals surface area contributed by atoms with Crippen LogP contribution >= 0.6 is 11.6 Å². The molecule has 3 aromatic rings. The van der Waals surface area contributed by atoms with Gasteiger partial charge in [0.1, 0.15) is 16.5 Å². The third-order valence-corrected chi connectivity index (χ3v) is 4.73. The Hall–Kier alpha value is -3.31. The summed E-state index contributed by atoms with van der Waals surface area (Å²) in [6.07, 6.45) is 0. The Morgan fingerprint density at radius 1 is 0.889 bits per heavy atom. The maximum Gasteiger partial charge on any atom is 0.283 e. The van der Waals surface area contributed by atoms with Crippen molar-refractivity contribution in [1.29, 1.82) is 0 Å². The molecule has 0 spiro atoms. The highest BCUT2D eigenvalue weighted by atomic mass is 35.5. The van der Waals surface area contributed by atoms with Crippen molar-refractivity contribution in [2.75, 3.05) is 17.3 Å². The fraction of sp³-hybridized carbons (Fsp3) is 0.0476. The number of nitrogens with zero attached hydrogens (tertiary/aromatic N) is 1. The van der Waals surface area contributed by atoms with Gasteiger partial charge in [-0.15, -0.1) is 0 Å². The summed E-state index contributed by atoms with van der Waals surface area (Å²) in [4.78, 5) is 26.4. The first kappa shape index (κ1) is 17.1. The van der Waals surface area contributed by atoms with E-state index < -0.39 is 11.8 Å². The summed E-state index contributed by atoms with van der Waals surface area (Å²) in [5.74, 6) is -0.426. The zero-order chi connectivity index (χ0) is 19.0. The molecule has 0 unspecified atom stereocenters. The van der Waals surface area contributed by atoms with Gasteiger partial charge in [0.15, 0.2) is 0 Å². The van der Waals surface area contributed by atoms with Gasteiger partial charge in [0.25, 0.3) is 11.8 Å². The summed E-state index contributed by atoms with van der Waals surface area (Å²) in [7, 11) is 1.55. The molecule has 0 saturated heterocycles. The van der Waals surface area contributed by atoms with Gasteiger partial charge in [0.2, 0.25) is 0 Å². The van der Waals surface area contributed by atoms with Gasteiger partial charge in [-0.25, -0.2) is 4.90 Å². The number of carbonyl (C=O) groups is 2. The third kappa shape index (κ3) is 3.02. The Kier molecular flexibility index (Phi) is 4.30. The van der Waals surface area contributed by atoms with Crippen molar-refractivity contribution < 1.29 is 14.3 Å². The number of methoxy groups -OCH3 is 1. The summed E-state index contributed by atoms with van der Waals surface area (Å²) < 4.78 is 5.10. The molecule has 1 heterocycles. The Balaban J connectivity index is 1.63. The molecular formula is C21H15ClN2O3. The molecule has 0 aromatic heterocycles. The molecule has 1 N–H and O–H groups in total. The van der Waals surface area contributed by atoms with E-state index in [0.29, 0.717) is 17.1 Å². The molecule has 0 aliphatic carbocycles. The number of benzene rings is 3. The Bertz CT molecular complexity index is 1090. The van der Waals surface area contributed by atoms with Crippen molar-refractivity contribution in [3.8, 4) is 5.75 Å². The Labute approximate surface area is 160 Å². The SMILES string of the molecule is COc1ccc(N2C(=O)C(Cl)=C(Nc3ccc4ccccc4c3)C2=O)cc1. The number of imide groups is 1. The predicted molar refractivity (Wildman–Crippen MR) is 106 cm³/mol. The Morgan fingerprint density at radius 3 is 2.30 bits per heavy atom. The number of ether oxygens (including phenoxy) is 1. The number of fused-ring (bicyclic) bond motifs is 1. The van der Waals surface area contributed by atoms with E-state index in [4.69, 9.17) is 16.3 Å². The van der Waals surface area contributed by atoms with E-state index in [1.165, 1.54) is 0 Å². The van der Waals surface area contributed by atoms with Crippen LogP contribution in [-0.2, 0) is 9.59 Å². The van der Waals surface area contributed by atoms with Crippen molar-refractivity contribution in [2.24, 2.45) is 0 Å². The van der Waals surface area contributed by atoms with Gasteiger partial charge in [0.05, 0.1) is 12.8 Å². The molecule has 27 heavy (non-hydrogen) atoms. The van der Waals surface area contributed by atoms with Crippen LogP contribution in [0.5, 0.6) is 5.75 Å². The highest BCUT2D eigenvalue weighted by Gasteiger charge is 2.38. The molecule has 0 fully saturated rings. The number of halogens is 1. The molecular weight excluding hydrogens is 364 g/mol. The first-order valence-corrected chi connectivity index (χ1v) is 8.65. The summed E-state index contributed by atoms with van der Waals surface area (Å²) in [5.41, 5.74) is 1.17. The standard InChI is InChI=1S/C21H15ClN2O3/c1-27-17-10-8-16(9-11-17)24-20(25)18(22)19(21(24)26)23-15-7-6-13-4-2-3-5-14(13)12-15/h2-12,23H,1H3. The van der Waals surface area contributed by atoms with Gasteiger partial charge in [-0.05, 0) is 47.2 Å². The minimum atomic E-state index is -0.560. The van der Waals surface area contributed by atoms with Crippen LogP contribution in [0.1, 0.15) is 0 Å². The average molecular weight is 379 g/mol. The van der Waals surface area contributed by atoms with Crippen molar-refractivity contribution >= 4 is 45.6 Å². The average Bonchev–Trinajstić information content (AvgIpc) is 2.91. The van der Waals surface area contributed by atoms with E-state index in [0.717, 1.165) is 15.7 Å². The maximum atomic E-state index is 12.8. The Morgan fingerprint density at radius 2 is 1.59 bits per heavy atom. The third-order valence-electron chi connectivity index (χ3n) is 4.38. The van der Waals surface area contributed by atoms with Gasteiger partial charge < -0.3 is 10.1 Å². The molecule has 3 aromatic carbocycles. The van der Waals surface area contributed by atoms with Gasteiger partial charge in [0, 0.05) is 5.69 Å². The topological polar surface area (TPSA) is 58.6 Å². The van der Waals surface area contributed by atoms with Crippen LogP contribution in [0.3, 0.4) is 0 Å². The molecule has 1 aliphatic heterocycles. The van der Waals surface area contributed by atoms with E-state index in [-0.39, 0.29) is 10.7 Å². The van der Waals surface area contributed by atoms with Crippen LogP contribution in [0.25, 0.3) is 10.8 Å². The molecule has 6 heteroatoms. The molecule has 1 aliphatic rings. The lowest BCUT2D eigenvalue weighted by atomic mass is 10.1. The number of hydrogen-bond donors (Lipinski definition) is 1. The lowest BCUT2D eigenvalue weighted by molar-refractivity contribution is -0.120. The molecule has 2 amide bonds. The summed E-state index contributed by atoms with van der Waals surface area (Å²) in [5, 5.41) is 4.96. The number of rotatable bonds is 4. The maximum absolute atomic E-state index is 12.8. The van der Waals surface area contributed by atoms with Crippen LogP contribution in [-0.4, -0.2) is 18.9 Å². The second-order valence-corrected chi connectivity index (χ2v) is 6.40. The summed E-state index contributed by atoms with van der Waals surface area (Å²) in [6.45, 7) is 0. The van der Waals surface area contributed by atoms with Crippen LogP contribution in [0.15, 0.2) is 77.5 Å². The fourth-order valence-corrected chi connectivity index (χ4v) is 3.20. The molecule has 4 rings (SSSR count). The number of nitrogens with one attached hydrogen (secondary N) is 1. The van der Waals surface area contributed by atoms with Crippen molar-refractivity contribution in [3.05, 3.63) is 77.5 Å².